The number of nitrogens with zero attached hydrogens (tertiary/aromatic N) is 2. The molecule has 0 unspecified atom stereocenters. The Morgan fingerprint density at radius 2 is 1.94 bits per heavy atom. The molecule has 3 aromatic rings. The molecule has 1 aromatic heterocycles. The molecule has 2 aromatic carbocycles. The molecule has 3 rings (SSSR count). The van der Waals surface area contributed by atoms with Crippen molar-refractivity contribution in [3.8, 4) is 11.5 Å². The number of nitro groups is 1. The Kier molecular flexibility index (Phi) is 7.49. The monoisotopic (exact) mass is 515 g/mol. The highest BCUT2D eigenvalue weighted by molar-refractivity contribution is 9.10. The standard InChI is InChI=1S/C23H22BrN3O6/c1-13-14(2)18(8-7-17(13)24)25-22(28)12-32-19-9-5-16(11-21(19)31-4)6-10-20-23(27(29)30)15(3)26-33-20/h5-11H,12H2,1-4H3,(H,25,28)/b10-6-. The van der Waals surface area contributed by atoms with Crippen LogP contribution in [0.25, 0.3) is 12.2 Å². The van der Waals surface area contributed by atoms with Gasteiger partial charge in [0.1, 0.15) is 0 Å². The number of carbonyl (C=O) groups excluding carboxylic acids is 1. The number of methoxy groups -OCH3 is 1. The zero-order valence-corrected chi connectivity index (χ0v) is 20.1. The summed E-state index contributed by atoms with van der Waals surface area (Å²) in [7, 11) is 1.48. The summed E-state index contributed by atoms with van der Waals surface area (Å²) < 4.78 is 17.0. The summed E-state index contributed by atoms with van der Waals surface area (Å²) in [5.74, 6) is 0.532. The van der Waals surface area contributed by atoms with Crippen molar-refractivity contribution in [2.75, 3.05) is 19.0 Å². The molecule has 0 saturated carbocycles. The smallest absolute Gasteiger partial charge is 0.338 e. The van der Waals surface area contributed by atoms with E-state index in [-0.39, 0.29) is 29.7 Å². The highest BCUT2D eigenvalue weighted by atomic mass is 79.9. The van der Waals surface area contributed by atoms with Crippen LogP contribution in [0.3, 0.4) is 0 Å². The number of nitrogens with one attached hydrogen (secondary N) is 1. The van der Waals surface area contributed by atoms with E-state index in [0.717, 1.165) is 15.6 Å². The molecule has 0 saturated heterocycles. The Hall–Kier alpha value is -3.66. The van der Waals surface area contributed by atoms with Crippen LogP contribution in [-0.2, 0) is 4.79 Å². The van der Waals surface area contributed by atoms with Crippen LogP contribution in [0.5, 0.6) is 11.5 Å². The number of rotatable bonds is 8. The normalized spacial score (nSPS) is 10.9. The van der Waals surface area contributed by atoms with Gasteiger partial charge in [0.15, 0.2) is 23.8 Å². The molecule has 0 spiro atoms. The molecule has 1 N–H and O–H groups in total. The number of anilines is 1. The van der Waals surface area contributed by atoms with Gasteiger partial charge in [0, 0.05) is 10.2 Å². The third kappa shape index (κ3) is 5.58. The predicted octanol–water partition coefficient (Wildman–Crippen LogP) is 5.47. The molecule has 0 aliphatic rings. The average molecular weight is 516 g/mol. The van der Waals surface area contributed by atoms with E-state index >= 15 is 0 Å². The summed E-state index contributed by atoms with van der Waals surface area (Å²) in [5.41, 5.74) is 3.44. The molecule has 0 bridgehead atoms. The molecule has 0 aliphatic carbocycles. The number of hydrogen-bond acceptors (Lipinski definition) is 7. The quantitative estimate of drug-likeness (QED) is 0.312. The van der Waals surface area contributed by atoms with Crippen LogP contribution in [0.15, 0.2) is 39.3 Å². The van der Waals surface area contributed by atoms with Crippen LogP contribution >= 0.6 is 15.9 Å². The molecule has 10 heteroatoms. The van der Waals surface area contributed by atoms with E-state index in [0.29, 0.717) is 22.7 Å². The van der Waals surface area contributed by atoms with Crippen molar-refractivity contribution in [3.05, 3.63) is 73.1 Å². The van der Waals surface area contributed by atoms with Crippen molar-refractivity contribution in [3.63, 3.8) is 0 Å². The van der Waals surface area contributed by atoms with E-state index in [1.54, 1.807) is 24.3 Å². The van der Waals surface area contributed by atoms with E-state index in [1.165, 1.54) is 20.1 Å². The van der Waals surface area contributed by atoms with Crippen molar-refractivity contribution in [1.29, 1.82) is 0 Å². The number of aryl methyl sites for hydroxylation is 1. The second kappa shape index (κ2) is 10.3. The van der Waals surface area contributed by atoms with Gasteiger partial charge in [-0.15, -0.1) is 0 Å². The zero-order valence-electron chi connectivity index (χ0n) is 18.5. The van der Waals surface area contributed by atoms with Gasteiger partial charge in [-0.25, -0.2) is 0 Å². The number of ether oxygens (including phenoxy) is 2. The molecule has 9 nitrogen and oxygen atoms in total. The molecule has 0 fully saturated rings. The third-order valence-electron chi connectivity index (χ3n) is 5.01. The molecular formula is C23H22BrN3O6. The van der Waals surface area contributed by atoms with Gasteiger partial charge in [-0.1, -0.05) is 33.2 Å². The maximum absolute atomic E-state index is 12.4. The molecule has 1 heterocycles. The Balaban J connectivity index is 1.68. The SMILES string of the molecule is COc1cc(/C=C\c2onc(C)c2[N+](=O)[O-])ccc1OCC(=O)Nc1ccc(Br)c(C)c1C. The van der Waals surface area contributed by atoms with Gasteiger partial charge in [-0.05, 0) is 67.8 Å². The molecule has 172 valence electrons. The minimum Gasteiger partial charge on any atom is -0.493 e. The first kappa shape index (κ1) is 24.0. The fraction of sp³-hybridized carbons (Fsp3) is 0.217. The summed E-state index contributed by atoms with van der Waals surface area (Å²) in [4.78, 5) is 23.0. The molecule has 0 aliphatic heterocycles. The van der Waals surface area contributed by atoms with Crippen molar-refractivity contribution < 1.29 is 23.7 Å². The van der Waals surface area contributed by atoms with Crippen LogP contribution in [-0.4, -0.2) is 29.7 Å². The largest absolute Gasteiger partial charge is 0.493 e. The molecular weight excluding hydrogens is 494 g/mol. The Morgan fingerprint density at radius 1 is 1.18 bits per heavy atom. The lowest BCUT2D eigenvalue weighted by Crippen LogP contribution is -2.21. The highest BCUT2D eigenvalue weighted by Gasteiger charge is 2.22. The average Bonchev–Trinajstić information content (AvgIpc) is 3.17. The Morgan fingerprint density at radius 3 is 2.64 bits per heavy atom. The van der Waals surface area contributed by atoms with Crippen molar-refractivity contribution in [2.24, 2.45) is 0 Å². The van der Waals surface area contributed by atoms with Crippen LogP contribution in [0.2, 0.25) is 0 Å². The number of amides is 1. The van der Waals surface area contributed by atoms with Crippen molar-refractivity contribution in [1.82, 2.24) is 5.16 Å². The van der Waals surface area contributed by atoms with E-state index < -0.39 is 4.92 Å². The summed E-state index contributed by atoms with van der Waals surface area (Å²) >= 11 is 3.47. The first-order chi connectivity index (χ1) is 15.7. The second-order valence-corrected chi connectivity index (χ2v) is 8.02. The lowest BCUT2D eigenvalue weighted by molar-refractivity contribution is -0.386. The van der Waals surface area contributed by atoms with Gasteiger partial charge >= 0.3 is 5.69 Å². The van der Waals surface area contributed by atoms with Crippen LogP contribution in [0.1, 0.15) is 28.1 Å². The number of halogens is 1. The van der Waals surface area contributed by atoms with Gasteiger partial charge < -0.3 is 19.3 Å². The molecule has 0 radical (unpaired) electrons. The molecule has 33 heavy (non-hydrogen) atoms. The van der Waals surface area contributed by atoms with E-state index in [4.69, 9.17) is 14.0 Å². The number of hydrogen-bond donors (Lipinski definition) is 1. The fourth-order valence-electron chi connectivity index (χ4n) is 3.05. The summed E-state index contributed by atoms with van der Waals surface area (Å²) in [6, 6.07) is 8.76. The van der Waals surface area contributed by atoms with Crippen LogP contribution < -0.4 is 14.8 Å². The Bertz CT molecular complexity index is 1240. The number of benzene rings is 2. The lowest BCUT2D eigenvalue weighted by atomic mass is 10.1. The van der Waals surface area contributed by atoms with E-state index in [9.17, 15) is 14.9 Å². The van der Waals surface area contributed by atoms with Crippen molar-refractivity contribution >= 4 is 45.4 Å². The van der Waals surface area contributed by atoms with E-state index in [2.05, 4.69) is 26.4 Å². The molecule has 0 atom stereocenters. The minimum atomic E-state index is -0.537. The summed E-state index contributed by atoms with van der Waals surface area (Å²) in [6.07, 6.45) is 3.09. The van der Waals surface area contributed by atoms with Crippen molar-refractivity contribution in [2.45, 2.75) is 20.8 Å². The second-order valence-electron chi connectivity index (χ2n) is 7.16. The minimum absolute atomic E-state index is 0.0481. The van der Waals surface area contributed by atoms with Gasteiger partial charge in [-0.2, -0.15) is 0 Å². The Labute approximate surface area is 198 Å². The number of aromatic nitrogens is 1. The topological polar surface area (TPSA) is 117 Å². The predicted molar refractivity (Wildman–Crippen MR) is 128 cm³/mol. The zero-order chi connectivity index (χ0) is 24.1. The first-order valence-electron chi connectivity index (χ1n) is 9.86. The maximum Gasteiger partial charge on any atom is 0.338 e. The van der Waals surface area contributed by atoms with Crippen LogP contribution in [0, 0.1) is 30.9 Å². The third-order valence-corrected chi connectivity index (χ3v) is 5.87. The van der Waals surface area contributed by atoms with Gasteiger partial charge in [0.2, 0.25) is 5.76 Å². The van der Waals surface area contributed by atoms with Crippen LogP contribution in [0.4, 0.5) is 11.4 Å². The number of carbonyl (C=O) groups is 1. The summed E-state index contributed by atoms with van der Waals surface area (Å²) in [6.45, 7) is 5.20. The lowest BCUT2D eigenvalue weighted by Gasteiger charge is -2.14. The van der Waals surface area contributed by atoms with Gasteiger partial charge in [0.05, 0.1) is 12.0 Å². The fourth-order valence-corrected chi connectivity index (χ4v) is 3.48. The molecule has 1 amide bonds. The van der Waals surface area contributed by atoms with E-state index in [1.807, 2.05) is 26.0 Å². The van der Waals surface area contributed by atoms with Gasteiger partial charge in [0.25, 0.3) is 5.91 Å². The highest BCUT2D eigenvalue weighted by Crippen LogP contribution is 2.30. The van der Waals surface area contributed by atoms with Gasteiger partial charge in [-0.3, -0.25) is 14.9 Å². The first-order valence-corrected chi connectivity index (χ1v) is 10.7. The maximum atomic E-state index is 12.4. The summed E-state index contributed by atoms with van der Waals surface area (Å²) in [5, 5.41) is 17.6.